The molecule has 0 aliphatic heterocycles. The van der Waals surface area contributed by atoms with Gasteiger partial charge in [0.1, 0.15) is 0 Å². The summed E-state index contributed by atoms with van der Waals surface area (Å²) in [5.41, 5.74) is 0. The molecule has 0 saturated heterocycles. The van der Waals surface area contributed by atoms with Gasteiger partial charge in [-0.3, -0.25) is 14.5 Å². The van der Waals surface area contributed by atoms with Gasteiger partial charge in [-0.2, -0.15) is 0 Å². The van der Waals surface area contributed by atoms with Crippen LogP contribution in [0.3, 0.4) is 0 Å². The summed E-state index contributed by atoms with van der Waals surface area (Å²) in [5, 5.41) is 2.74. The van der Waals surface area contributed by atoms with Crippen LogP contribution in [0.25, 0.3) is 0 Å². The summed E-state index contributed by atoms with van der Waals surface area (Å²) in [5.74, 6) is -0.261. The molecule has 94 valence electrons. The van der Waals surface area contributed by atoms with Gasteiger partial charge in [0.15, 0.2) is 0 Å². The van der Waals surface area contributed by atoms with Gasteiger partial charge in [-0.05, 0) is 20.4 Å². The molecule has 0 aromatic carbocycles. The third-order valence-electron chi connectivity index (χ3n) is 2.44. The Morgan fingerprint density at radius 1 is 1.38 bits per heavy atom. The highest BCUT2D eigenvalue weighted by molar-refractivity contribution is 5.78. The maximum absolute atomic E-state index is 11.4. The minimum absolute atomic E-state index is 0.0129. The predicted molar refractivity (Wildman–Crippen MR) is 62.0 cm³/mol. The Labute approximate surface area is 97.1 Å². The zero-order valence-corrected chi connectivity index (χ0v) is 10.6. The Bertz CT molecular complexity index is 231. The molecule has 0 aliphatic rings. The molecule has 0 radical (unpaired) electrons. The van der Waals surface area contributed by atoms with E-state index in [1.165, 1.54) is 7.11 Å². The van der Waals surface area contributed by atoms with Crippen molar-refractivity contribution in [2.45, 2.75) is 33.2 Å². The zero-order chi connectivity index (χ0) is 12.6. The van der Waals surface area contributed by atoms with Crippen molar-refractivity contribution < 1.29 is 14.3 Å². The minimum atomic E-state index is -0.248. The molecule has 0 saturated carbocycles. The smallest absolute Gasteiger partial charge is 0.307 e. The first-order chi connectivity index (χ1) is 7.54. The number of ether oxygens (including phenoxy) is 1. The Morgan fingerprint density at radius 2 is 2.00 bits per heavy atom. The molecule has 1 atom stereocenters. The van der Waals surface area contributed by atoms with Crippen molar-refractivity contribution in [3.8, 4) is 0 Å². The molecular weight excluding hydrogens is 208 g/mol. The van der Waals surface area contributed by atoms with E-state index in [-0.39, 0.29) is 17.9 Å². The van der Waals surface area contributed by atoms with Crippen LogP contribution in [-0.4, -0.2) is 49.6 Å². The van der Waals surface area contributed by atoms with Crippen LogP contribution in [0.5, 0.6) is 0 Å². The number of likely N-dealkylation sites (N-methyl/N-ethyl adjacent to an activating group) is 2. The molecule has 0 aromatic heterocycles. The van der Waals surface area contributed by atoms with Crippen LogP contribution in [0, 0.1) is 0 Å². The second-order valence-electron chi connectivity index (χ2n) is 3.65. The van der Waals surface area contributed by atoms with E-state index in [9.17, 15) is 9.59 Å². The highest BCUT2D eigenvalue weighted by Crippen LogP contribution is 2.04. The Hall–Kier alpha value is -1.10. The van der Waals surface area contributed by atoms with Crippen LogP contribution in [0.4, 0.5) is 0 Å². The van der Waals surface area contributed by atoms with Crippen LogP contribution in [0.15, 0.2) is 0 Å². The van der Waals surface area contributed by atoms with Crippen molar-refractivity contribution in [1.29, 1.82) is 0 Å². The van der Waals surface area contributed by atoms with Crippen LogP contribution in [0.2, 0.25) is 0 Å². The molecule has 1 amide bonds. The van der Waals surface area contributed by atoms with Gasteiger partial charge in [-0.1, -0.05) is 6.92 Å². The van der Waals surface area contributed by atoms with Gasteiger partial charge in [-0.25, -0.2) is 0 Å². The number of hydrogen-bond acceptors (Lipinski definition) is 4. The van der Waals surface area contributed by atoms with Crippen molar-refractivity contribution >= 4 is 11.9 Å². The number of esters is 1. The normalized spacial score (nSPS) is 12.3. The van der Waals surface area contributed by atoms with Gasteiger partial charge < -0.3 is 10.1 Å². The summed E-state index contributed by atoms with van der Waals surface area (Å²) >= 11 is 0. The molecule has 1 unspecified atom stereocenters. The van der Waals surface area contributed by atoms with Crippen molar-refractivity contribution in [1.82, 2.24) is 10.2 Å². The summed E-state index contributed by atoms with van der Waals surface area (Å²) in [4.78, 5) is 24.5. The third kappa shape index (κ3) is 5.70. The largest absolute Gasteiger partial charge is 0.469 e. The van der Waals surface area contributed by atoms with Gasteiger partial charge in [0.2, 0.25) is 5.91 Å². The predicted octanol–water partition coefficient (Wildman–Crippen LogP) is 0.396. The molecule has 0 rings (SSSR count). The Morgan fingerprint density at radius 3 is 2.44 bits per heavy atom. The monoisotopic (exact) mass is 230 g/mol. The van der Waals surface area contributed by atoms with Crippen molar-refractivity contribution in [2.75, 3.05) is 26.7 Å². The number of nitrogens with one attached hydrogen (secondary N) is 1. The van der Waals surface area contributed by atoms with Gasteiger partial charge in [0, 0.05) is 12.6 Å². The summed E-state index contributed by atoms with van der Waals surface area (Å²) in [7, 11) is 1.37. The minimum Gasteiger partial charge on any atom is -0.469 e. The molecule has 0 aromatic rings. The van der Waals surface area contributed by atoms with E-state index in [1.54, 1.807) is 0 Å². The summed E-state index contributed by atoms with van der Waals surface area (Å²) in [6.45, 7) is 7.44. The fraction of sp³-hybridized carbons (Fsp3) is 0.818. The SMILES string of the molecule is CCNC(=O)CN(CC)C(C)CC(=O)OC. The van der Waals surface area contributed by atoms with Gasteiger partial charge >= 0.3 is 5.97 Å². The fourth-order valence-corrected chi connectivity index (χ4v) is 1.47. The van der Waals surface area contributed by atoms with E-state index >= 15 is 0 Å². The average Bonchev–Trinajstić information content (AvgIpc) is 2.25. The summed E-state index contributed by atoms with van der Waals surface area (Å²) in [6, 6.07) is 0.0139. The quantitative estimate of drug-likeness (QED) is 0.643. The second-order valence-corrected chi connectivity index (χ2v) is 3.65. The van der Waals surface area contributed by atoms with Crippen molar-refractivity contribution in [2.24, 2.45) is 0 Å². The first-order valence-corrected chi connectivity index (χ1v) is 5.62. The highest BCUT2D eigenvalue weighted by Gasteiger charge is 2.18. The van der Waals surface area contributed by atoms with Crippen LogP contribution >= 0.6 is 0 Å². The van der Waals surface area contributed by atoms with E-state index in [0.29, 0.717) is 19.5 Å². The lowest BCUT2D eigenvalue weighted by Gasteiger charge is -2.26. The topological polar surface area (TPSA) is 58.6 Å². The number of methoxy groups -OCH3 is 1. The average molecular weight is 230 g/mol. The van der Waals surface area contributed by atoms with E-state index in [1.807, 2.05) is 25.7 Å². The van der Waals surface area contributed by atoms with Crippen molar-refractivity contribution in [3.05, 3.63) is 0 Å². The maximum Gasteiger partial charge on any atom is 0.307 e. The fourth-order valence-electron chi connectivity index (χ4n) is 1.47. The van der Waals surface area contributed by atoms with E-state index in [2.05, 4.69) is 10.1 Å². The lowest BCUT2D eigenvalue weighted by molar-refractivity contribution is -0.142. The van der Waals surface area contributed by atoms with E-state index < -0.39 is 0 Å². The van der Waals surface area contributed by atoms with E-state index in [4.69, 9.17) is 0 Å². The Balaban J connectivity index is 4.15. The lowest BCUT2D eigenvalue weighted by atomic mass is 10.2. The van der Waals surface area contributed by atoms with Gasteiger partial charge in [0.05, 0.1) is 20.1 Å². The maximum atomic E-state index is 11.4. The van der Waals surface area contributed by atoms with Crippen molar-refractivity contribution in [3.63, 3.8) is 0 Å². The molecule has 16 heavy (non-hydrogen) atoms. The lowest BCUT2D eigenvalue weighted by Crippen LogP contribution is -2.42. The molecule has 0 aliphatic carbocycles. The third-order valence-corrected chi connectivity index (χ3v) is 2.44. The molecular formula is C11H22N2O3. The number of nitrogens with zero attached hydrogens (tertiary/aromatic N) is 1. The molecule has 0 fully saturated rings. The molecule has 5 heteroatoms. The number of hydrogen-bond donors (Lipinski definition) is 1. The van der Waals surface area contributed by atoms with Crippen LogP contribution in [0.1, 0.15) is 27.2 Å². The molecule has 0 heterocycles. The standard InChI is InChI=1S/C11H22N2O3/c1-5-12-10(14)8-13(6-2)9(3)7-11(15)16-4/h9H,5-8H2,1-4H3,(H,12,14). The van der Waals surface area contributed by atoms with Crippen LogP contribution in [-0.2, 0) is 14.3 Å². The molecule has 5 nitrogen and oxygen atoms in total. The van der Waals surface area contributed by atoms with Crippen LogP contribution < -0.4 is 5.32 Å². The highest BCUT2D eigenvalue weighted by atomic mass is 16.5. The van der Waals surface area contributed by atoms with Gasteiger partial charge in [-0.15, -0.1) is 0 Å². The number of amides is 1. The second kappa shape index (κ2) is 8.10. The molecule has 1 N–H and O–H groups in total. The number of carbonyl (C=O) groups excluding carboxylic acids is 2. The number of carbonyl (C=O) groups is 2. The zero-order valence-electron chi connectivity index (χ0n) is 10.6. The first kappa shape index (κ1) is 14.9. The Kier molecular flexibility index (Phi) is 7.54. The van der Waals surface area contributed by atoms with E-state index in [0.717, 1.165) is 6.54 Å². The summed E-state index contributed by atoms with van der Waals surface area (Å²) < 4.78 is 4.60. The van der Waals surface area contributed by atoms with Gasteiger partial charge in [0.25, 0.3) is 0 Å². The number of rotatable bonds is 7. The molecule has 0 bridgehead atoms. The first-order valence-electron chi connectivity index (χ1n) is 5.62. The molecule has 0 spiro atoms. The summed E-state index contributed by atoms with van der Waals surface area (Å²) in [6.07, 6.45) is 0.309.